The summed E-state index contributed by atoms with van der Waals surface area (Å²) in [5.41, 5.74) is 23.5. The summed E-state index contributed by atoms with van der Waals surface area (Å²) in [5, 5.41) is 5.06. The van der Waals surface area contributed by atoms with E-state index in [9.17, 15) is 0 Å². The fraction of sp³-hybridized carbons (Fsp3) is 0.0286. The number of rotatable bonds is 1. The minimum Gasteiger partial charge on any atom is -0.147 e. The third-order valence-electron chi connectivity index (χ3n) is 15.4. The third kappa shape index (κ3) is 6.22. The van der Waals surface area contributed by atoms with Gasteiger partial charge >= 0.3 is 29.6 Å². The fourth-order valence-corrected chi connectivity index (χ4v) is 12.8. The molecular formula is C70H43Na-2. The summed E-state index contributed by atoms with van der Waals surface area (Å²) in [6.07, 6.45) is 0. The van der Waals surface area contributed by atoms with Crippen LogP contribution in [0.15, 0.2) is 261 Å². The quantitative estimate of drug-likeness (QED) is 0.114. The van der Waals surface area contributed by atoms with Gasteiger partial charge in [0.2, 0.25) is 0 Å². The van der Waals surface area contributed by atoms with Gasteiger partial charge in [0.15, 0.2) is 0 Å². The molecule has 326 valence electrons. The predicted octanol–water partition coefficient (Wildman–Crippen LogP) is 14.1. The smallest absolute Gasteiger partial charge is 0.147 e. The van der Waals surface area contributed by atoms with Gasteiger partial charge in [0, 0.05) is 10.8 Å². The van der Waals surface area contributed by atoms with Crippen LogP contribution in [0.1, 0.15) is 44.5 Å². The number of hydrogen-bond acceptors (Lipinski definition) is 0. The SMILES string of the molecule is [Na+].[c-]1ccc2ccccc2c1-c1cccc2ccccc12.[c-]1cccc2c1-c1ccccc1C21c2ccccc2-c2ccccc21.[c-]1cccc2c1-c1ccccc1C21c2ccccc2-c2ccccc21. The van der Waals surface area contributed by atoms with Crippen LogP contribution >= 0.6 is 0 Å². The molecule has 0 bridgehead atoms. The average Bonchev–Trinajstić information content (AvgIpc) is 4.13. The second kappa shape index (κ2) is 17.2. The van der Waals surface area contributed by atoms with E-state index >= 15 is 0 Å². The van der Waals surface area contributed by atoms with Crippen molar-refractivity contribution in [2.24, 2.45) is 0 Å². The van der Waals surface area contributed by atoms with Crippen LogP contribution in [0.5, 0.6) is 0 Å². The molecule has 0 saturated heterocycles. The fourth-order valence-electron chi connectivity index (χ4n) is 12.8. The summed E-state index contributed by atoms with van der Waals surface area (Å²) < 4.78 is 0. The Morgan fingerprint density at radius 1 is 0.211 bits per heavy atom. The van der Waals surface area contributed by atoms with Gasteiger partial charge in [-0.3, -0.25) is 0 Å². The first-order chi connectivity index (χ1) is 34.8. The van der Waals surface area contributed by atoms with E-state index in [1.165, 1.54) is 122 Å². The topological polar surface area (TPSA) is 0 Å². The molecule has 0 unspecified atom stereocenters. The Labute approximate surface area is 437 Å². The summed E-state index contributed by atoms with van der Waals surface area (Å²) >= 11 is 0. The minimum absolute atomic E-state index is 0. The van der Waals surface area contributed by atoms with Crippen LogP contribution in [0.2, 0.25) is 0 Å². The molecular weight excluding hydrogens is 864 g/mol. The van der Waals surface area contributed by atoms with Crippen LogP contribution in [0, 0.1) is 18.2 Å². The third-order valence-corrected chi connectivity index (χ3v) is 15.4. The number of hydrogen-bond donors (Lipinski definition) is 0. The zero-order valence-electron chi connectivity index (χ0n) is 39.3. The molecule has 4 aliphatic rings. The van der Waals surface area contributed by atoms with Crippen LogP contribution in [0.3, 0.4) is 0 Å². The van der Waals surface area contributed by atoms with Gasteiger partial charge in [0.25, 0.3) is 0 Å². The Bertz CT molecular complexity index is 3390. The molecule has 12 aromatic rings. The van der Waals surface area contributed by atoms with Crippen molar-refractivity contribution in [3.8, 4) is 55.6 Å². The molecule has 0 nitrogen and oxygen atoms in total. The van der Waals surface area contributed by atoms with Crippen molar-refractivity contribution in [2.75, 3.05) is 0 Å². The molecule has 71 heavy (non-hydrogen) atoms. The van der Waals surface area contributed by atoms with Gasteiger partial charge < -0.3 is 0 Å². The van der Waals surface area contributed by atoms with Crippen LogP contribution in [0.25, 0.3) is 77.2 Å². The van der Waals surface area contributed by atoms with Crippen LogP contribution < -0.4 is 29.6 Å². The van der Waals surface area contributed by atoms with Crippen molar-refractivity contribution in [3.63, 3.8) is 0 Å². The largest absolute Gasteiger partial charge is 1.00 e. The molecule has 4 aliphatic carbocycles. The van der Waals surface area contributed by atoms with Gasteiger partial charge in [0.05, 0.1) is 0 Å². The van der Waals surface area contributed by atoms with Crippen molar-refractivity contribution in [1.82, 2.24) is 0 Å². The zero-order valence-corrected chi connectivity index (χ0v) is 41.3. The molecule has 2 spiro atoms. The molecule has 0 aromatic heterocycles. The van der Waals surface area contributed by atoms with Crippen LogP contribution in [0.4, 0.5) is 0 Å². The summed E-state index contributed by atoms with van der Waals surface area (Å²) in [6, 6.07) is 104. The maximum absolute atomic E-state index is 3.52. The van der Waals surface area contributed by atoms with Gasteiger partial charge in [-0.15, -0.1) is 105 Å². The molecule has 12 aromatic carbocycles. The van der Waals surface area contributed by atoms with E-state index in [4.69, 9.17) is 0 Å². The van der Waals surface area contributed by atoms with Crippen molar-refractivity contribution >= 4 is 21.5 Å². The first-order valence-corrected chi connectivity index (χ1v) is 24.3. The van der Waals surface area contributed by atoms with E-state index in [0.29, 0.717) is 0 Å². The van der Waals surface area contributed by atoms with Crippen molar-refractivity contribution < 1.29 is 29.6 Å². The molecule has 0 heterocycles. The van der Waals surface area contributed by atoms with E-state index in [-0.39, 0.29) is 40.4 Å². The van der Waals surface area contributed by atoms with E-state index in [0.717, 1.165) is 0 Å². The molecule has 0 saturated carbocycles. The van der Waals surface area contributed by atoms with E-state index in [1.807, 2.05) is 18.2 Å². The molecule has 0 fully saturated rings. The van der Waals surface area contributed by atoms with Crippen molar-refractivity contribution in [1.29, 1.82) is 0 Å². The number of benzene rings is 12. The van der Waals surface area contributed by atoms with E-state index < -0.39 is 0 Å². The Morgan fingerprint density at radius 3 is 0.986 bits per heavy atom. The Hall–Kier alpha value is -7.84. The Morgan fingerprint density at radius 2 is 0.521 bits per heavy atom. The summed E-state index contributed by atoms with van der Waals surface area (Å²) in [6.45, 7) is 0. The van der Waals surface area contributed by atoms with Crippen LogP contribution in [-0.2, 0) is 10.8 Å². The molecule has 0 N–H and O–H groups in total. The monoisotopic (exact) mass is 906 g/mol. The van der Waals surface area contributed by atoms with Crippen LogP contribution in [-0.4, -0.2) is 0 Å². The first kappa shape index (κ1) is 43.2. The van der Waals surface area contributed by atoms with Crippen molar-refractivity contribution in [3.05, 3.63) is 324 Å². The minimum atomic E-state index is -0.211. The zero-order chi connectivity index (χ0) is 46.2. The number of fused-ring (bicyclic) bond motifs is 22. The molecule has 0 amide bonds. The van der Waals surface area contributed by atoms with Gasteiger partial charge in [-0.25, -0.2) is 0 Å². The molecule has 0 radical (unpaired) electrons. The van der Waals surface area contributed by atoms with Gasteiger partial charge in [-0.2, -0.15) is 0 Å². The second-order valence-electron chi connectivity index (χ2n) is 18.7. The maximum atomic E-state index is 3.52. The van der Waals surface area contributed by atoms with Gasteiger partial charge in [0.1, 0.15) is 0 Å². The van der Waals surface area contributed by atoms with Crippen molar-refractivity contribution in [2.45, 2.75) is 10.8 Å². The second-order valence-corrected chi connectivity index (χ2v) is 18.7. The Balaban J connectivity index is 0.000000104. The molecule has 16 rings (SSSR count). The summed E-state index contributed by atoms with van der Waals surface area (Å²) in [7, 11) is 0. The Kier molecular flexibility index (Phi) is 10.5. The van der Waals surface area contributed by atoms with E-state index in [2.05, 4.69) is 261 Å². The first-order valence-electron chi connectivity index (χ1n) is 24.3. The molecule has 0 atom stereocenters. The summed E-state index contributed by atoms with van der Waals surface area (Å²) in [5.74, 6) is 0. The standard InChI is InChI=1S/2C25H15.C20H13.Na/c2*1-5-13-21-17(9-1)18-10-2-6-14-22(18)25(21)23-15-7-3-11-19(23)20-12-4-8-16-24(20)25;1-3-11-17-15(7-1)9-5-13-19(17)20-14-6-10-16-8-2-4-12-18(16)20;/h2*1-11,13-16H;1-13H;/q3*-1;+1. The van der Waals surface area contributed by atoms with E-state index in [1.54, 1.807) is 0 Å². The summed E-state index contributed by atoms with van der Waals surface area (Å²) in [4.78, 5) is 0. The van der Waals surface area contributed by atoms with Gasteiger partial charge in [-0.05, 0) is 49.9 Å². The van der Waals surface area contributed by atoms with Gasteiger partial charge in [-0.1, -0.05) is 246 Å². The average molecular weight is 907 g/mol. The molecule has 1 heteroatoms. The molecule has 0 aliphatic heterocycles. The normalized spacial score (nSPS) is 13.5. The predicted molar refractivity (Wildman–Crippen MR) is 289 cm³/mol. The maximum Gasteiger partial charge on any atom is 1.00 e.